The first-order valence-electron chi connectivity index (χ1n) is 10.3. The molecule has 160 valence electrons. The van der Waals surface area contributed by atoms with Crippen molar-refractivity contribution in [3.8, 4) is 0 Å². The van der Waals surface area contributed by atoms with Gasteiger partial charge in [0.1, 0.15) is 12.4 Å². The van der Waals surface area contributed by atoms with Gasteiger partial charge in [-0.25, -0.2) is 0 Å². The number of nitrogens with zero attached hydrogens (tertiary/aromatic N) is 5. The van der Waals surface area contributed by atoms with Crippen LogP contribution in [-0.4, -0.2) is 56.6 Å². The Balaban J connectivity index is 1.31. The molecule has 0 N–H and O–H groups in total. The maximum atomic E-state index is 12.9. The third-order valence-electron chi connectivity index (χ3n) is 5.52. The van der Waals surface area contributed by atoms with Gasteiger partial charge in [0.2, 0.25) is 0 Å². The molecule has 2 heterocycles. The van der Waals surface area contributed by atoms with E-state index in [4.69, 9.17) is 0 Å². The first-order valence-corrected chi connectivity index (χ1v) is 10.3. The molecule has 1 fully saturated rings. The number of hydrogen-bond acceptors (Lipinski definition) is 5. The number of rotatable bonds is 6. The number of carbonyl (C=O) groups excluding carboxylic acids is 1. The second-order valence-electron chi connectivity index (χ2n) is 7.91. The van der Waals surface area contributed by atoms with E-state index in [2.05, 4.69) is 41.2 Å². The summed E-state index contributed by atoms with van der Waals surface area (Å²) in [6.07, 6.45) is 2.63. The smallest absolute Gasteiger partial charge is 0.307 e. The Morgan fingerprint density at radius 1 is 1.03 bits per heavy atom. The van der Waals surface area contributed by atoms with Crippen molar-refractivity contribution >= 4 is 11.6 Å². The zero-order valence-electron chi connectivity index (χ0n) is 17.5. The second-order valence-corrected chi connectivity index (χ2v) is 7.91. The number of aryl methyl sites for hydroxylation is 1. The molecule has 0 spiro atoms. The Morgan fingerprint density at radius 2 is 1.77 bits per heavy atom. The van der Waals surface area contributed by atoms with Crippen LogP contribution in [0.3, 0.4) is 0 Å². The van der Waals surface area contributed by atoms with E-state index in [0.29, 0.717) is 25.2 Å². The van der Waals surface area contributed by atoms with E-state index in [9.17, 15) is 14.9 Å². The molecule has 0 atom stereocenters. The highest BCUT2D eigenvalue weighted by Crippen LogP contribution is 2.15. The molecule has 2 aromatic carbocycles. The number of aromatic nitrogens is 2. The van der Waals surface area contributed by atoms with Crippen LogP contribution in [0, 0.1) is 17.0 Å². The van der Waals surface area contributed by atoms with Gasteiger partial charge in [0.25, 0.3) is 5.91 Å². The fraction of sp³-hybridized carbons (Fsp3) is 0.304. The Bertz CT molecular complexity index is 1070. The lowest BCUT2D eigenvalue weighted by molar-refractivity contribution is -0.385. The third-order valence-corrected chi connectivity index (χ3v) is 5.52. The van der Waals surface area contributed by atoms with E-state index >= 15 is 0 Å². The quantitative estimate of drug-likeness (QED) is 0.453. The van der Waals surface area contributed by atoms with Gasteiger partial charge in [-0.3, -0.25) is 24.5 Å². The monoisotopic (exact) mass is 419 g/mol. The molecular formula is C23H25N5O3. The maximum absolute atomic E-state index is 12.9. The van der Waals surface area contributed by atoms with Crippen LogP contribution >= 0.6 is 0 Å². The molecule has 3 aromatic rings. The Labute approximate surface area is 180 Å². The van der Waals surface area contributed by atoms with E-state index in [1.807, 2.05) is 29.2 Å². The van der Waals surface area contributed by atoms with Crippen molar-refractivity contribution in [2.24, 2.45) is 0 Å². The highest BCUT2D eigenvalue weighted by molar-refractivity contribution is 5.94. The van der Waals surface area contributed by atoms with E-state index in [1.54, 1.807) is 0 Å². The van der Waals surface area contributed by atoms with Gasteiger partial charge in [-0.1, -0.05) is 42.0 Å². The van der Waals surface area contributed by atoms with Crippen LogP contribution in [0.5, 0.6) is 0 Å². The molecule has 0 saturated carbocycles. The highest BCUT2D eigenvalue weighted by atomic mass is 16.6. The van der Waals surface area contributed by atoms with Crippen LogP contribution in [0.2, 0.25) is 0 Å². The molecule has 1 saturated heterocycles. The SMILES string of the molecule is Cc1cccc(CN2CCN(C(=O)c3ccc(Cn4cc([N+](=O)[O-])cn4)cc3)CC2)c1. The van der Waals surface area contributed by atoms with Crippen molar-refractivity contribution in [2.45, 2.75) is 20.0 Å². The number of amides is 1. The van der Waals surface area contributed by atoms with Crippen molar-refractivity contribution in [1.82, 2.24) is 19.6 Å². The minimum absolute atomic E-state index is 0.0339. The van der Waals surface area contributed by atoms with Crippen molar-refractivity contribution in [3.63, 3.8) is 0 Å². The van der Waals surface area contributed by atoms with Gasteiger partial charge in [-0.15, -0.1) is 0 Å². The minimum Gasteiger partial charge on any atom is -0.336 e. The first-order chi connectivity index (χ1) is 15.0. The van der Waals surface area contributed by atoms with Gasteiger partial charge < -0.3 is 4.90 Å². The van der Waals surface area contributed by atoms with E-state index < -0.39 is 4.92 Å². The molecule has 1 aliphatic rings. The molecule has 1 amide bonds. The van der Waals surface area contributed by atoms with Crippen LogP contribution in [0.4, 0.5) is 5.69 Å². The average Bonchev–Trinajstić information content (AvgIpc) is 3.23. The minimum atomic E-state index is -0.466. The molecule has 0 bridgehead atoms. The lowest BCUT2D eigenvalue weighted by Crippen LogP contribution is -2.48. The lowest BCUT2D eigenvalue weighted by Gasteiger charge is -2.34. The van der Waals surface area contributed by atoms with Crippen LogP contribution in [0.25, 0.3) is 0 Å². The van der Waals surface area contributed by atoms with Crippen molar-refractivity contribution in [1.29, 1.82) is 0 Å². The van der Waals surface area contributed by atoms with Crippen LogP contribution in [0.1, 0.15) is 27.0 Å². The summed E-state index contributed by atoms with van der Waals surface area (Å²) in [5.41, 5.74) is 4.12. The molecule has 0 unspecified atom stereocenters. The van der Waals surface area contributed by atoms with E-state index in [1.165, 1.54) is 28.2 Å². The largest absolute Gasteiger partial charge is 0.336 e. The first kappa shape index (κ1) is 20.7. The third kappa shape index (κ3) is 5.16. The van der Waals surface area contributed by atoms with Crippen molar-refractivity contribution in [3.05, 3.63) is 93.3 Å². The van der Waals surface area contributed by atoms with Crippen molar-refractivity contribution in [2.75, 3.05) is 26.2 Å². The van der Waals surface area contributed by atoms with Gasteiger partial charge in [0, 0.05) is 38.3 Å². The summed E-state index contributed by atoms with van der Waals surface area (Å²) in [4.78, 5) is 27.5. The molecule has 1 aliphatic heterocycles. The molecule has 0 radical (unpaired) electrons. The Kier molecular flexibility index (Phi) is 6.08. The summed E-state index contributed by atoms with van der Waals surface area (Å²) in [5, 5.41) is 14.8. The Hall–Kier alpha value is -3.52. The van der Waals surface area contributed by atoms with Gasteiger partial charge in [-0.2, -0.15) is 5.10 Å². The molecule has 8 nitrogen and oxygen atoms in total. The van der Waals surface area contributed by atoms with Gasteiger partial charge >= 0.3 is 5.69 Å². The summed E-state index contributed by atoms with van der Waals surface area (Å²) >= 11 is 0. The molecule has 8 heteroatoms. The van der Waals surface area contributed by atoms with Gasteiger partial charge in [0.15, 0.2) is 0 Å². The van der Waals surface area contributed by atoms with Crippen LogP contribution in [-0.2, 0) is 13.1 Å². The number of hydrogen-bond donors (Lipinski definition) is 0. The fourth-order valence-corrected chi connectivity index (χ4v) is 3.83. The number of carbonyl (C=O) groups is 1. The lowest BCUT2D eigenvalue weighted by atomic mass is 10.1. The molecule has 4 rings (SSSR count). The molecule has 0 aliphatic carbocycles. The molecule has 31 heavy (non-hydrogen) atoms. The van der Waals surface area contributed by atoms with E-state index in [0.717, 1.165) is 25.2 Å². The summed E-state index contributed by atoms with van der Waals surface area (Å²) in [5.74, 6) is 0.0384. The van der Waals surface area contributed by atoms with Gasteiger partial charge in [-0.05, 0) is 30.2 Å². The normalized spacial score (nSPS) is 14.5. The van der Waals surface area contributed by atoms with Crippen LogP contribution < -0.4 is 0 Å². The molecular weight excluding hydrogens is 394 g/mol. The summed E-state index contributed by atoms with van der Waals surface area (Å²) < 4.78 is 1.52. The van der Waals surface area contributed by atoms with Gasteiger partial charge in [0.05, 0.1) is 11.5 Å². The Morgan fingerprint density at radius 3 is 2.42 bits per heavy atom. The zero-order chi connectivity index (χ0) is 21.8. The predicted molar refractivity (Wildman–Crippen MR) is 117 cm³/mol. The topological polar surface area (TPSA) is 84.5 Å². The number of nitro groups is 1. The number of benzene rings is 2. The maximum Gasteiger partial charge on any atom is 0.307 e. The standard InChI is InChI=1S/C23H25N5O3/c1-18-3-2-4-20(13-18)15-25-9-11-26(12-10-25)23(29)21-7-5-19(6-8-21)16-27-17-22(14-24-27)28(30)31/h2-8,13-14,17H,9-12,15-16H2,1H3. The average molecular weight is 419 g/mol. The fourth-order valence-electron chi connectivity index (χ4n) is 3.83. The second kappa shape index (κ2) is 9.09. The van der Waals surface area contributed by atoms with Crippen molar-refractivity contribution < 1.29 is 9.72 Å². The van der Waals surface area contributed by atoms with E-state index in [-0.39, 0.29) is 11.6 Å². The number of piperazine rings is 1. The summed E-state index contributed by atoms with van der Waals surface area (Å²) in [7, 11) is 0. The zero-order valence-corrected chi connectivity index (χ0v) is 17.5. The summed E-state index contributed by atoms with van der Waals surface area (Å²) in [6.45, 7) is 6.56. The summed E-state index contributed by atoms with van der Waals surface area (Å²) in [6, 6.07) is 15.9. The highest BCUT2D eigenvalue weighted by Gasteiger charge is 2.22. The molecule has 1 aromatic heterocycles. The van der Waals surface area contributed by atoms with Crippen LogP contribution in [0.15, 0.2) is 60.9 Å². The predicted octanol–water partition coefficient (Wildman–Crippen LogP) is 3.11.